The van der Waals surface area contributed by atoms with Crippen LogP contribution in [0.3, 0.4) is 0 Å². The van der Waals surface area contributed by atoms with Gasteiger partial charge in [-0.15, -0.1) is 0 Å². The minimum absolute atomic E-state index is 0.287. The van der Waals surface area contributed by atoms with Gasteiger partial charge in [0.25, 0.3) is 10.2 Å². The molecule has 9 heteroatoms. The van der Waals surface area contributed by atoms with Crippen molar-refractivity contribution in [2.45, 2.75) is 39.2 Å². The average Bonchev–Trinajstić information content (AvgIpc) is 3.17. The van der Waals surface area contributed by atoms with Crippen LogP contribution in [0.1, 0.15) is 37.3 Å². The molecule has 1 N–H and O–H groups in total. The molecule has 0 radical (unpaired) electrons. The van der Waals surface area contributed by atoms with E-state index in [2.05, 4.69) is 32.6 Å². The lowest BCUT2D eigenvalue weighted by Gasteiger charge is -2.26. The summed E-state index contributed by atoms with van der Waals surface area (Å²) in [6.07, 6.45) is 7.37. The number of fused-ring (bicyclic) bond motifs is 1. The molecule has 2 aromatic heterocycles. The Morgan fingerprint density at radius 3 is 2.65 bits per heavy atom. The number of aryl methyl sites for hydroxylation is 2. The molecule has 0 aliphatic carbocycles. The molecule has 0 unspecified atom stereocenters. The fourth-order valence-corrected chi connectivity index (χ4v) is 5.33. The summed E-state index contributed by atoms with van der Waals surface area (Å²) < 4.78 is 31.5. The largest absolute Gasteiger partial charge is 0.334 e. The summed E-state index contributed by atoms with van der Waals surface area (Å²) in [5.74, 6) is 0.837. The topological polar surface area (TPSA) is 83.4 Å². The molecule has 3 heterocycles. The standard InChI is InChI=1S/C22H30N6O2S/c1-4-18-12-17(14-25-31(29,30)28-10-6-5-7-11-28)8-9-20(18)27(3)22-13-21-19(15-23-22)24-16-26(21)2/h8-9,12-13,15-16,25H,4-7,10-11,14H2,1-3H3. The number of nitrogens with zero attached hydrogens (tertiary/aromatic N) is 5. The summed E-state index contributed by atoms with van der Waals surface area (Å²) in [6.45, 7) is 3.60. The third-order valence-corrected chi connectivity index (χ3v) is 7.49. The Balaban J connectivity index is 1.52. The second-order valence-corrected chi connectivity index (χ2v) is 9.80. The molecule has 1 aliphatic heterocycles. The SMILES string of the molecule is CCc1cc(CNS(=O)(=O)N2CCCCC2)ccc1N(C)c1cc2c(cn1)ncn2C. The fraction of sp³-hybridized carbons (Fsp3) is 0.455. The number of piperidine rings is 1. The number of pyridine rings is 1. The van der Waals surface area contributed by atoms with Gasteiger partial charge in [0.15, 0.2) is 0 Å². The summed E-state index contributed by atoms with van der Waals surface area (Å²) in [5, 5.41) is 0. The van der Waals surface area contributed by atoms with Crippen molar-refractivity contribution < 1.29 is 8.42 Å². The minimum Gasteiger partial charge on any atom is -0.334 e. The average molecular weight is 443 g/mol. The summed E-state index contributed by atoms with van der Waals surface area (Å²) in [6, 6.07) is 8.13. The van der Waals surface area contributed by atoms with Crippen molar-refractivity contribution in [3.63, 3.8) is 0 Å². The van der Waals surface area contributed by atoms with Crippen LogP contribution in [0.2, 0.25) is 0 Å². The molecule has 0 atom stereocenters. The number of nitrogens with one attached hydrogen (secondary N) is 1. The van der Waals surface area contributed by atoms with E-state index in [0.29, 0.717) is 13.1 Å². The van der Waals surface area contributed by atoms with E-state index in [9.17, 15) is 8.42 Å². The third-order valence-electron chi connectivity index (χ3n) is 5.94. The first-order valence-corrected chi connectivity index (χ1v) is 12.2. The number of aromatic nitrogens is 3. The highest BCUT2D eigenvalue weighted by atomic mass is 32.2. The van der Waals surface area contributed by atoms with Gasteiger partial charge in [-0.25, -0.2) is 9.97 Å². The van der Waals surface area contributed by atoms with E-state index in [1.807, 2.05) is 36.9 Å². The van der Waals surface area contributed by atoms with Gasteiger partial charge in [0, 0.05) is 45.5 Å². The van der Waals surface area contributed by atoms with Crippen molar-refractivity contribution in [1.82, 2.24) is 23.6 Å². The minimum atomic E-state index is -3.44. The molecule has 1 fully saturated rings. The molecule has 0 amide bonds. The molecule has 0 saturated carbocycles. The fourth-order valence-electron chi connectivity index (χ4n) is 4.06. The van der Waals surface area contributed by atoms with Crippen molar-refractivity contribution >= 4 is 32.7 Å². The lowest BCUT2D eigenvalue weighted by molar-refractivity contribution is 0.341. The number of anilines is 2. The first kappa shape index (κ1) is 21.7. The highest BCUT2D eigenvalue weighted by Gasteiger charge is 2.23. The van der Waals surface area contributed by atoms with Gasteiger partial charge in [0.2, 0.25) is 0 Å². The quantitative estimate of drug-likeness (QED) is 0.608. The van der Waals surface area contributed by atoms with Crippen LogP contribution in [0.25, 0.3) is 11.0 Å². The van der Waals surface area contributed by atoms with Crippen molar-refractivity contribution in [3.8, 4) is 0 Å². The van der Waals surface area contributed by atoms with Crippen molar-refractivity contribution in [2.24, 2.45) is 7.05 Å². The summed E-state index contributed by atoms with van der Waals surface area (Å²) in [4.78, 5) is 11.0. The third kappa shape index (κ3) is 4.58. The van der Waals surface area contributed by atoms with Gasteiger partial charge in [-0.1, -0.05) is 25.5 Å². The second kappa shape index (κ2) is 8.94. The lowest BCUT2D eigenvalue weighted by Crippen LogP contribution is -2.43. The normalized spacial score (nSPS) is 15.5. The van der Waals surface area contributed by atoms with Gasteiger partial charge in [-0.2, -0.15) is 17.4 Å². The molecule has 3 aromatic rings. The maximum absolute atomic E-state index is 12.6. The molecule has 1 aliphatic rings. The van der Waals surface area contributed by atoms with E-state index in [0.717, 1.165) is 59.3 Å². The van der Waals surface area contributed by atoms with Gasteiger partial charge >= 0.3 is 0 Å². The molecule has 4 rings (SSSR count). The number of benzene rings is 1. The molecule has 8 nitrogen and oxygen atoms in total. The van der Waals surface area contributed by atoms with Gasteiger partial charge in [-0.3, -0.25) is 0 Å². The molecular weight excluding hydrogens is 412 g/mol. The molecule has 0 bridgehead atoms. The Bertz CT molecular complexity index is 1170. The highest BCUT2D eigenvalue weighted by Crippen LogP contribution is 2.29. The number of rotatable bonds is 7. The Morgan fingerprint density at radius 1 is 1.13 bits per heavy atom. The van der Waals surface area contributed by atoms with Crippen LogP contribution >= 0.6 is 0 Å². The van der Waals surface area contributed by atoms with Crippen molar-refractivity contribution in [2.75, 3.05) is 25.0 Å². The van der Waals surface area contributed by atoms with Gasteiger partial charge in [0.05, 0.1) is 18.0 Å². The van der Waals surface area contributed by atoms with E-state index < -0.39 is 10.2 Å². The van der Waals surface area contributed by atoms with Crippen LogP contribution in [-0.2, 0) is 30.2 Å². The smallest absolute Gasteiger partial charge is 0.279 e. The Hall–Kier alpha value is -2.49. The van der Waals surface area contributed by atoms with Crippen LogP contribution in [0.5, 0.6) is 0 Å². The Morgan fingerprint density at radius 2 is 1.90 bits per heavy atom. The van der Waals surface area contributed by atoms with Crippen LogP contribution in [0, 0.1) is 0 Å². The van der Waals surface area contributed by atoms with E-state index >= 15 is 0 Å². The predicted molar refractivity (Wildman–Crippen MR) is 124 cm³/mol. The lowest BCUT2D eigenvalue weighted by atomic mass is 10.1. The van der Waals surface area contributed by atoms with Gasteiger partial charge < -0.3 is 9.47 Å². The monoisotopic (exact) mass is 442 g/mol. The zero-order chi connectivity index (χ0) is 22.0. The molecule has 0 spiro atoms. The highest BCUT2D eigenvalue weighted by molar-refractivity contribution is 7.87. The first-order valence-electron chi connectivity index (χ1n) is 10.8. The predicted octanol–water partition coefficient (Wildman–Crippen LogP) is 3.12. The van der Waals surface area contributed by atoms with Crippen LogP contribution in [0.15, 0.2) is 36.8 Å². The van der Waals surface area contributed by atoms with E-state index in [-0.39, 0.29) is 6.54 Å². The van der Waals surface area contributed by atoms with Crippen LogP contribution in [-0.4, -0.2) is 47.4 Å². The van der Waals surface area contributed by atoms with E-state index in [1.54, 1.807) is 16.8 Å². The molecular formula is C22H30N6O2S. The maximum Gasteiger partial charge on any atom is 0.279 e. The van der Waals surface area contributed by atoms with E-state index in [1.165, 1.54) is 0 Å². The first-order chi connectivity index (χ1) is 14.9. The number of imidazole rings is 1. The summed E-state index contributed by atoms with van der Waals surface area (Å²) >= 11 is 0. The van der Waals surface area contributed by atoms with Crippen molar-refractivity contribution in [3.05, 3.63) is 47.9 Å². The molecule has 1 aromatic carbocycles. The zero-order valence-electron chi connectivity index (χ0n) is 18.4. The van der Waals surface area contributed by atoms with E-state index in [4.69, 9.17) is 0 Å². The van der Waals surface area contributed by atoms with Crippen molar-refractivity contribution in [1.29, 1.82) is 0 Å². The van der Waals surface area contributed by atoms with Crippen LogP contribution < -0.4 is 9.62 Å². The van der Waals surface area contributed by atoms with Gasteiger partial charge in [-0.05, 0) is 36.5 Å². The molecule has 31 heavy (non-hydrogen) atoms. The number of hydrogen-bond acceptors (Lipinski definition) is 5. The van der Waals surface area contributed by atoms with Gasteiger partial charge in [0.1, 0.15) is 11.3 Å². The second-order valence-electron chi connectivity index (χ2n) is 8.05. The number of hydrogen-bond donors (Lipinski definition) is 1. The Labute approximate surface area is 184 Å². The Kier molecular flexibility index (Phi) is 6.27. The molecule has 1 saturated heterocycles. The van der Waals surface area contributed by atoms with Crippen LogP contribution in [0.4, 0.5) is 11.5 Å². The zero-order valence-corrected chi connectivity index (χ0v) is 19.2. The maximum atomic E-state index is 12.6. The molecule has 166 valence electrons. The summed E-state index contributed by atoms with van der Waals surface area (Å²) in [7, 11) is 0.531. The summed E-state index contributed by atoms with van der Waals surface area (Å²) in [5.41, 5.74) is 5.04.